The summed E-state index contributed by atoms with van der Waals surface area (Å²) >= 11 is 0. The second-order valence-corrected chi connectivity index (χ2v) is 7.17. The standard InChI is InChI=1S/C17H17F3N2O3S/c1-3-21-16(23)13-10-12(9-8-11(13)2)26(24,25)22-15-7-5-4-6-14(15)17(18,19)20/h4-10,22H,3H2,1-2H3,(H,21,23). The lowest BCUT2D eigenvalue weighted by atomic mass is 10.1. The number of hydrogen-bond donors (Lipinski definition) is 2. The third-order valence-electron chi connectivity index (χ3n) is 3.58. The molecule has 0 saturated heterocycles. The predicted molar refractivity (Wildman–Crippen MR) is 91.4 cm³/mol. The van der Waals surface area contributed by atoms with E-state index in [4.69, 9.17) is 0 Å². The fourth-order valence-corrected chi connectivity index (χ4v) is 3.40. The summed E-state index contributed by atoms with van der Waals surface area (Å²) in [6.45, 7) is 3.70. The Morgan fingerprint density at radius 1 is 1.12 bits per heavy atom. The van der Waals surface area contributed by atoms with Crippen LogP contribution in [0.15, 0.2) is 47.4 Å². The van der Waals surface area contributed by atoms with Crippen LogP contribution >= 0.6 is 0 Å². The summed E-state index contributed by atoms with van der Waals surface area (Å²) < 4.78 is 66.1. The average Bonchev–Trinajstić information content (AvgIpc) is 2.54. The zero-order valence-electron chi connectivity index (χ0n) is 14.0. The molecule has 0 saturated carbocycles. The van der Waals surface area contributed by atoms with Gasteiger partial charge >= 0.3 is 6.18 Å². The van der Waals surface area contributed by atoms with Crippen LogP contribution in [-0.4, -0.2) is 20.9 Å². The van der Waals surface area contributed by atoms with Gasteiger partial charge in [-0.1, -0.05) is 18.2 Å². The molecule has 0 heterocycles. The van der Waals surface area contributed by atoms with Gasteiger partial charge < -0.3 is 5.32 Å². The van der Waals surface area contributed by atoms with Gasteiger partial charge in [-0.3, -0.25) is 9.52 Å². The van der Waals surface area contributed by atoms with Crippen LogP contribution in [0, 0.1) is 6.92 Å². The van der Waals surface area contributed by atoms with Crippen LogP contribution in [0.1, 0.15) is 28.4 Å². The Kier molecular flexibility index (Phi) is 5.60. The highest BCUT2D eigenvalue weighted by atomic mass is 32.2. The summed E-state index contributed by atoms with van der Waals surface area (Å²) in [4.78, 5) is 11.7. The number of hydrogen-bond acceptors (Lipinski definition) is 3. The maximum absolute atomic E-state index is 13.0. The molecule has 1 amide bonds. The lowest BCUT2D eigenvalue weighted by Gasteiger charge is -2.15. The van der Waals surface area contributed by atoms with Crippen LogP contribution in [0.5, 0.6) is 0 Å². The van der Waals surface area contributed by atoms with Crippen LogP contribution in [-0.2, 0) is 16.2 Å². The largest absolute Gasteiger partial charge is 0.418 e. The highest BCUT2D eigenvalue weighted by Gasteiger charge is 2.34. The van der Waals surface area contributed by atoms with Gasteiger partial charge in [-0.25, -0.2) is 8.42 Å². The van der Waals surface area contributed by atoms with Crippen LogP contribution < -0.4 is 10.0 Å². The van der Waals surface area contributed by atoms with E-state index >= 15 is 0 Å². The smallest absolute Gasteiger partial charge is 0.352 e. The lowest BCUT2D eigenvalue weighted by Crippen LogP contribution is -2.24. The second kappa shape index (κ2) is 7.36. The fraction of sp³-hybridized carbons (Fsp3) is 0.235. The number of carbonyl (C=O) groups excluding carboxylic acids is 1. The summed E-state index contributed by atoms with van der Waals surface area (Å²) in [7, 11) is -4.31. The first-order valence-corrected chi connectivity index (χ1v) is 9.12. The summed E-state index contributed by atoms with van der Waals surface area (Å²) in [5.74, 6) is -0.460. The zero-order valence-corrected chi connectivity index (χ0v) is 14.8. The topological polar surface area (TPSA) is 75.3 Å². The van der Waals surface area contributed by atoms with E-state index in [9.17, 15) is 26.4 Å². The Hall–Kier alpha value is -2.55. The van der Waals surface area contributed by atoms with Crippen LogP contribution in [0.4, 0.5) is 18.9 Å². The van der Waals surface area contributed by atoms with Crippen LogP contribution in [0.2, 0.25) is 0 Å². The number of halogens is 3. The molecule has 0 bridgehead atoms. The molecule has 0 radical (unpaired) electrons. The number of anilines is 1. The molecule has 9 heteroatoms. The van der Waals surface area contributed by atoms with Gasteiger partial charge in [0.1, 0.15) is 0 Å². The molecule has 0 aliphatic rings. The summed E-state index contributed by atoms with van der Waals surface area (Å²) in [6, 6.07) is 8.07. The van der Waals surface area contributed by atoms with E-state index in [-0.39, 0.29) is 10.5 Å². The monoisotopic (exact) mass is 386 g/mol. The molecule has 2 aromatic rings. The summed E-state index contributed by atoms with van der Waals surface area (Å²) in [5, 5.41) is 2.56. The Morgan fingerprint density at radius 2 is 1.77 bits per heavy atom. The molecule has 2 rings (SSSR count). The van der Waals surface area contributed by atoms with Gasteiger partial charge in [0.05, 0.1) is 16.1 Å². The van der Waals surface area contributed by atoms with Gasteiger partial charge in [-0.15, -0.1) is 0 Å². The number of alkyl halides is 3. The van der Waals surface area contributed by atoms with Crippen molar-refractivity contribution < 1.29 is 26.4 Å². The third kappa shape index (κ3) is 4.34. The Morgan fingerprint density at radius 3 is 2.38 bits per heavy atom. The molecule has 2 aromatic carbocycles. The van der Waals surface area contributed by atoms with E-state index in [1.165, 1.54) is 24.3 Å². The molecule has 0 aromatic heterocycles. The summed E-state index contributed by atoms with van der Waals surface area (Å²) in [5.41, 5.74) is -0.996. The van der Waals surface area contributed by atoms with Gasteiger partial charge in [0.15, 0.2) is 0 Å². The Labute approximate surface area is 149 Å². The summed E-state index contributed by atoms with van der Waals surface area (Å²) in [6.07, 6.45) is -4.71. The SMILES string of the molecule is CCNC(=O)c1cc(S(=O)(=O)Nc2ccccc2C(F)(F)F)ccc1C. The molecule has 0 fully saturated rings. The van der Waals surface area contributed by atoms with Gasteiger partial charge in [-0.2, -0.15) is 13.2 Å². The van der Waals surface area contributed by atoms with Gasteiger partial charge in [0.25, 0.3) is 15.9 Å². The minimum absolute atomic E-state index is 0.138. The Balaban J connectivity index is 2.44. The molecule has 0 aliphatic heterocycles. The number of para-hydroxylation sites is 1. The van der Waals surface area contributed by atoms with E-state index < -0.39 is 33.4 Å². The van der Waals surface area contributed by atoms with Crippen LogP contribution in [0.25, 0.3) is 0 Å². The molecule has 0 spiro atoms. The van der Waals surface area contributed by atoms with Gasteiger partial charge in [0, 0.05) is 12.1 Å². The first-order valence-electron chi connectivity index (χ1n) is 7.64. The third-order valence-corrected chi connectivity index (χ3v) is 4.94. The number of amides is 1. The van der Waals surface area contributed by atoms with E-state index in [0.717, 1.165) is 18.2 Å². The molecular formula is C17H17F3N2O3S. The van der Waals surface area contributed by atoms with E-state index in [2.05, 4.69) is 5.32 Å². The number of sulfonamides is 1. The average molecular weight is 386 g/mol. The second-order valence-electron chi connectivity index (χ2n) is 5.49. The fourth-order valence-electron chi connectivity index (χ4n) is 2.29. The lowest BCUT2D eigenvalue weighted by molar-refractivity contribution is -0.136. The maximum Gasteiger partial charge on any atom is 0.418 e. The zero-order chi connectivity index (χ0) is 19.5. The normalized spacial score (nSPS) is 11.9. The number of carbonyl (C=O) groups is 1. The van der Waals surface area contributed by atoms with E-state index in [0.29, 0.717) is 12.1 Å². The molecule has 5 nitrogen and oxygen atoms in total. The predicted octanol–water partition coefficient (Wildman–Crippen LogP) is 3.56. The number of benzene rings is 2. The van der Waals surface area contributed by atoms with Crippen molar-refractivity contribution in [2.45, 2.75) is 24.9 Å². The first-order chi connectivity index (χ1) is 12.1. The van der Waals surface area contributed by atoms with E-state index in [1.54, 1.807) is 13.8 Å². The number of rotatable bonds is 5. The van der Waals surface area contributed by atoms with Crippen molar-refractivity contribution in [2.75, 3.05) is 11.3 Å². The van der Waals surface area contributed by atoms with Crippen LogP contribution in [0.3, 0.4) is 0 Å². The van der Waals surface area contributed by atoms with Crippen molar-refractivity contribution in [1.29, 1.82) is 0 Å². The minimum atomic E-state index is -4.71. The van der Waals surface area contributed by atoms with Crippen molar-refractivity contribution in [2.24, 2.45) is 0 Å². The van der Waals surface area contributed by atoms with Crippen molar-refractivity contribution in [3.05, 3.63) is 59.2 Å². The first kappa shape index (κ1) is 19.8. The quantitative estimate of drug-likeness (QED) is 0.825. The molecule has 0 unspecified atom stereocenters. The molecular weight excluding hydrogens is 369 g/mol. The Bertz CT molecular complexity index is 925. The van der Waals surface area contributed by atoms with E-state index in [1.807, 2.05) is 4.72 Å². The maximum atomic E-state index is 13.0. The molecule has 2 N–H and O–H groups in total. The highest BCUT2D eigenvalue weighted by Crippen LogP contribution is 2.35. The van der Waals surface area contributed by atoms with Crippen molar-refractivity contribution >= 4 is 21.6 Å². The highest BCUT2D eigenvalue weighted by molar-refractivity contribution is 7.92. The molecule has 140 valence electrons. The van der Waals surface area contributed by atoms with Crippen molar-refractivity contribution in [1.82, 2.24) is 5.32 Å². The molecule has 0 aliphatic carbocycles. The molecule has 0 atom stereocenters. The van der Waals surface area contributed by atoms with Gasteiger partial charge in [0.2, 0.25) is 0 Å². The van der Waals surface area contributed by atoms with Crippen molar-refractivity contribution in [3.8, 4) is 0 Å². The minimum Gasteiger partial charge on any atom is -0.352 e. The number of nitrogens with one attached hydrogen (secondary N) is 2. The molecule has 26 heavy (non-hydrogen) atoms. The number of aryl methyl sites for hydroxylation is 1. The van der Waals surface area contributed by atoms with Crippen molar-refractivity contribution in [3.63, 3.8) is 0 Å². The van der Waals surface area contributed by atoms with Gasteiger partial charge in [-0.05, 0) is 43.7 Å².